The maximum Gasteiger partial charge on any atom is 0.0406 e. The zero-order chi connectivity index (χ0) is 9.97. The molecule has 0 saturated carbocycles. The number of halogens is 1. The minimum absolute atomic E-state index is 0.371. The minimum atomic E-state index is 0.371. The summed E-state index contributed by atoms with van der Waals surface area (Å²) in [6, 6.07) is 8.46. The summed E-state index contributed by atoms with van der Waals surface area (Å²) in [4.78, 5) is 0. The molecule has 1 heterocycles. The lowest BCUT2D eigenvalue weighted by molar-refractivity contribution is 0.515. The second kappa shape index (κ2) is 4.56. The summed E-state index contributed by atoms with van der Waals surface area (Å²) in [5.41, 5.74) is 7.35. The molecule has 2 N–H and O–H groups in total. The van der Waals surface area contributed by atoms with Crippen molar-refractivity contribution in [3.05, 3.63) is 34.9 Å². The third kappa shape index (κ3) is 2.44. The van der Waals surface area contributed by atoms with Crippen LogP contribution in [0.3, 0.4) is 0 Å². The van der Waals surface area contributed by atoms with Gasteiger partial charge in [0, 0.05) is 16.8 Å². The largest absolute Gasteiger partial charge is 0.327 e. The van der Waals surface area contributed by atoms with E-state index in [-0.39, 0.29) is 0 Å². The molecule has 0 amide bonds. The Hall–Kier alpha value is -0.180. The van der Waals surface area contributed by atoms with Crippen molar-refractivity contribution in [3.63, 3.8) is 0 Å². The monoisotopic (exact) mass is 227 g/mol. The summed E-state index contributed by atoms with van der Waals surface area (Å²) in [6.07, 6.45) is 1.09. The van der Waals surface area contributed by atoms with Crippen LogP contribution in [0.15, 0.2) is 24.3 Å². The van der Waals surface area contributed by atoms with Gasteiger partial charge < -0.3 is 5.73 Å². The number of thioether (sulfide) groups is 1. The molecule has 2 rings (SSSR count). The van der Waals surface area contributed by atoms with Crippen LogP contribution in [0.25, 0.3) is 0 Å². The second-order valence-electron chi connectivity index (χ2n) is 3.79. The van der Waals surface area contributed by atoms with Crippen molar-refractivity contribution in [2.75, 3.05) is 11.5 Å². The third-order valence-electron chi connectivity index (χ3n) is 2.66. The van der Waals surface area contributed by atoms with Crippen LogP contribution in [-0.4, -0.2) is 17.5 Å². The van der Waals surface area contributed by atoms with E-state index in [1.165, 1.54) is 11.3 Å². The summed E-state index contributed by atoms with van der Waals surface area (Å²) >= 11 is 7.79. The average Bonchev–Trinajstić information content (AvgIpc) is 2.56. The molecule has 0 spiro atoms. The van der Waals surface area contributed by atoms with Gasteiger partial charge in [-0.2, -0.15) is 11.8 Å². The standard InChI is InChI=1S/C11H14ClNS/c12-10-3-1-8(2-4-10)5-9-6-14-7-11(9)13/h1-4,9,11H,5-7,13H2. The maximum absolute atomic E-state index is 6.01. The molecule has 0 aliphatic carbocycles. The zero-order valence-corrected chi connectivity index (χ0v) is 9.52. The van der Waals surface area contributed by atoms with Gasteiger partial charge >= 0.3 is 0 Å². The van der Waals surface area contributed by atoms with Crippen LogP contribution in [0.2, 0.25) is 5.02 Å². The van der Waals surface area contributed by atoms with Crippen molar-refractivity contribution < 1.29 is 0 Å². The topological polar surface area (TPSA) is 26.0 Å². The van der Waals surface area contributed by atoms with Gasteiger partial charge in [-0.3, -0.25) is 0 Å². The van der Waals surface area contributed by atoms with Crippen molar-refractivity contribution in [2.24, 2.45) is 11.7 Å². The molecule has 1 nitrogen and oxygen atoms in total. The van der Waals surface area contributed by atoms with Gasteiger partial charge in [0.05, 0.1) is 0 Å². The normalized spacial score (nSPS) is 26.7. The Morgan fingerprint density at radius 2 is 2.00 bits per heavy atom. The van der Waals surface area contributed by atoms with E-state index in [4.69, 9.17) is 17.3 Å². The Labute approximate surface area is 94.0 Å². The molecule has 0 bridgehead atoms. The Balaban J connectivity index is 2.00. The van der Waals surface area contributed by atoms with Gasteiger partial charge in [-0.1, -0.05) is 23.7 Å². The van der Waals surface area contributed by atoms with Crippen molar-refractivity contribution in [1.29, 1.82) is 0 Å². The Bertz CT molecular complexity index is 299. The van der Waals surface area contributed by atoms with Crippen molar-refractivity contribution in [2.45, 2.75) is 12.5 Å². The predicted molar refractivity (Wildman–Crippen MR) is 63.9 cm³/mol. The van der Waals surface area contributed by atoms with Crippen LogP contribution in [0, 0.1) is 5.92 Å². The average molecular weight is 228 g/mol. The van der Waals surface area contributed by atoms with E-state index in [1.54, 1.807) is 0 Å². The van der Waals surface area contributed by atoms with Crippen LogP contribution >= 0.6 is 23.4 Å². The van der Waals surface area contributed by atoms with Crippen molar-refractivity contribution in [3.8, 4) is 0 Å². The highest BCUT2D eigenvalue weighted by molar-refractivity contribution is 7.99. The Kier molecular flexibility index (Phi) is 3.37. The summed E-state index contributed by atoms with van der Waals surface area (Å²) in [5, 5.41) is 0.804. The summed E-state index contributed by atoms with van der Waals surface area (Å²) in [6.45, 7) is 0. The first kappa shape index (κ1) is 10.3. The molecule has 1 aliphatic heterocycles. The highest BCUT2D eigenvalue weighted by Gasteiger charge is 2.24. The number of rotatable bonds is 2. The van der Waals surface area contributed by atoms with Gasteiger partial charge in [0.15, 0.2) is 0 Å². The highest BCUT2D eigenvalue weighted by atomic mass is 35.5. The molecule has 2 atom stereocenters. The minimum Gasteiger partial charge on any atom is -0.327 e. The molecule has 1 aromatic carbocycles. The molecule has 1 aliphatic rings. The lowest BCUT2D eigenvalue weighted by atomic mass is 9.96. The first-order chi connectivity index (χ1) is 6.75. The SMILES string of the molecule is NC1CSCC1Cc1ccc(Cl)cc1. The maximum atomic E-state index is 6.01. The number of benzene rings is 1. The first-order valence-corrected chi connectivity index (χ1v) is 6.37. The zero-order valence-electron chi connectivity index (χ0n) is 7.95. The molecule has 0 aromatic heterocycles. The molecular formula is C11H14ClNS. The number of hydrogen-bond acceptors (Lipinski definition) is 2. The molecule has 76 valence electrons. The third-order valence-corrected chi connectivity index (χ3v) is 4.20. The van der Waals surface area contributed by atoms with E-state index in [0.717, 1.165) is 17.2 Å². The van der Waals surface area contributed by atoms with Gasteiger partial charge in [0.1, 0.15) is 0 Å². The predicted octanol–water partition coefficient (Wildman–Crippen LogP) is 2.57. The van der Waals surface area contributed by atoms with Crippen molar-refractivity contribution in [1.82, 2.24) is 0 Å². The molecule has 3 heteroatoms. The lowest BCUT2D eigenvalue weighted by Gasteiger charge is -2.13. The fraction of sp³-hybridized carbons (Fsp3) is 0.455. The summed E-state index contributed by atoms with van der Waals surface area (Å²) < 4.78 is 0. The lowest BCUT2D eigenvalue weighted by Crippen LogP contribution is -2.29. The number of hydrogen-bond donors (Lipinski definition) is 1. The molecule has 2 unspecified atom stereocenters. The molecule has 0 radical (unpaired) electrons. The van der Waals surface area contributed by atoms with Gasteiger partial charge in [-0.25, -0.2) is 0 Å². The summed E-state index contributed by atoms with van der Waals surface area (Å²) in [7, 11) is 0. The Morgan fingerprint density at radius 1 is 1.29 bits per heavy atom. The van der Waals surface area contributed by atoms with Crippen LogP contribution in [0.4, 0.5) is 0 Å². The molecule has 1 saturated heterocycles. The molecule has 14 heavy (non-hydrogen) atoms. The fourth-order valence-corrected chi connectivity index (χ4v) is 3.22. The van der Waals surface area contributed by atoms with E-state index in [1.807, 2.05) is 23.9 Å². The van der Waals surface area contributed by atoms with E-state index in [9.17, 15) is 0 Å². The summed E-state index contributed by atoms with van der Waals surface area (Å²) in [5.74, 6) is 2.95. The molecule has 1 aromatic rings. The van der Waals surface area contributed by atoms with Crippen LogP contribution in [0.5, 0.6) is 0 Å². The Morgan fingerprint density at radius 3 is 2.57 bits per heavy atom. The van der Waals surface area contributed by atoms with E-state index >= 15 is 0 Å². The highest BCUT2D eigenvalue weighted by Crippen LogP contribution is 2.26. The van der Waals surface area contributed by atoms with E-state index in [0.29, 0.717) is 12.0 Å². The number of nitrogens with two attached hydrogens (primary N) is 1. The van der Waals surface area contributed by atoms with E-state index < -0.39 is 0 Å². The molecular weight excluding hydrogens is 214 g/mol. The van der Waals surface area contributed by atoms with Crippen molar-refractivity contribution >= 4 is 23.4 Å². The fourth-order valence-electron chi connectivity index (χ4n) is 1.75. The van der Waals surface area contributed by atoms with Crippen LogP contribution in [-0.2, 0) is 6.42 Å². The van der Waals surface area contributed by atoms with Gasteiger partial charge in [-0.15, -0.1) is 0 Å². The van der Waals surface area contributed by atoms with E-state index in [2.05, 4.69) is 12.1 Å². The molecule has 1 fully saturated rings. The first-order valence-electron chi connectivity index (χ1n) is 4.83. The van der Waals surface area contributed by atoms with Crippen LogP contribution < -0.4 is 5.73 Å². The van der Waals surface area contributed by atoms with Crippen LogP contribution in [0.1, 0.15) is 5.56 Å². The van der Waals surface area contributed by atoms with Gasteiger partial charge in [0.2, 0.25) is 0 Å². The quantitative estimate of drug-likeness (QED) is 0.841. The second-order valence-corrected chi connectivity index (χ2v) is 5.30. The van der Waals surface area contributed by atoms with Gasteiger partial charge in [0.25, 0.3) is 0 Å². The smallest absolute Gasteiger partial charge is 0.0406 e. The van der Waals surface area contributed by atoms with Gasteiger partial charge in [-0.05, 0) is 35.8 Å².